The Bertz CT molecular complexity index is 389. The fraction of sp³-hybridized carbons (Fsp3) is 0.600. The lowest BCUT2D eigenvalue weighted by atomic mass is 10.0. The first kappa shape index (κ1) is 10.2. The van der Waals surface area contributed by atoms with E-state index >= 15 is 0 Å². The predicted molar refractivity (Wildman–Crippen MR) is 58.8 cm³/mol. The third-order valence-corrected chi connectivity index (χ3v) is 3.08. The maximum atomic E-state index is 11.6. The van der Waals surface area contributed by atoms with Gasteiger partial charge in [0.2, 0.25) is 0 Å². The van der Waals surface area contributed by atoms with Crippen molar-refractivity contribution < 1.29 is 0 Å². The average Bonchev–Trinajstić information content (AvgIpc) is 2.60. The fourth-order valence-electron chi connectivity index (χ4n) is 2.18. The van der Waals surface area contributed by atoms with Crippen molar-refractivity contribution in [2.75, 3.05) is 18.0 Å². The molecule has 82 valence electrons. The van der Waals surface area contributed by atoms with Crippen LogP contribution in [0.15, 0.2) is 17.2 Å². The van der Waals surface area contributed by atoms with Crippen LogP contribution in [0, 0.1) is 5.92 Å². The summed E-state index contributed by atoms with van der Waals surface area (Å²) >= 11 is 0. The molecular formula is C10H16N4O. The summed E-state index contributed by atoms with van der Waals surface area (Å²) in [4.78, 5) is 20.3. The standard InChI is InChI=1S/C10H16N4O/c1-7-2-5-14(8(7)6-11)9-10(15)13-4-3-12-9/h3-4,7-8H,2,5-6,11H2,1H3,(H,13,15). The van der Waals surface area contributed by atoms with Gasteiger partial charge in [0, 0.05) is 31.5 Å². The SMILES string of the molecule is CC1CCN(c2ncc[nH]c2=O)C1CN. The van der Waals surface area contributed by atoms with Gasteiger partial charge in [-0.3, -0.25) is 4.79 Å². The normalized spacial score (nSPS) is 25.9. The molecule has 1 aromatic heterocycles. The van der Waals surface area contributed by atoms with Crippen LogP contribution in [-0.2, 0) is 0 Å². The molecule has 0 bridgehead atoms. The molecule has 5 nitrogen and oxygen atoms in total. The molecule has 1 saturated heterocycles. The summed E-state index contributed by atoms with van der Waals surface area (Å²) in [6.45, 7) is 3.59. The van der Waals surface area contributed by atoms with Crippen molar-refractivity contribution in [2.45, 2.75) is 19.4 Å². The van der Waals surface area contributed by atoms with Gasteiger partial charge in [0.25, 0.3) is 5.56 Å². The predicted octanol–water partition coefficient (Wildman–Crippen LogP) is -0.0566. The second-order valence-electron chi connectivity index (χ2n) is 4.00. The van der Waals surface area contributed by atoms with E-state index in [1.54, 1.807) is 12.4 Å². The molecule has 15 heavy (non-hydrogen) atoms. The zero-order chi connectivity index (χ0) is 10.8. The molecule has 0 spiro atoms. The number of anilines is 1. The second-order valence-corrected chi connectivity index (χ2v) is 4.00. The lowest BCUT2D eigenvalue weighted by Gasteiger charge is -2.25. The van der Waals surface area contributed by atoms with Crippen molar-refractivity contribution in [1.82, 2.24) is 9.97 Å². The summed E-state index contributed by atoms with van der Waals surface area (Å²) in [6.07, 6.45) is 4.22. The first-order valence-electron chi connectivity index (χ1n) is 5.24. The topological polar surface area (TPSA) is 75.0 Å². The van der Waals surface area contributed by atoms with Crippen molar-refractivity contribution in [3.05, 3.63) is 22.7 Å². The summed E-state index contributed by atoms with van der Waals surface area (Å²) in [5, 5.41) is 0. The van der Waals surface area contributed by atoms with E-state index in [0.717, 1.165) is 13.0 Å². The summed E-state index contributed by atoms with van der Waals surface area (Å²) < 4.78 is 0. The Morgan fingerprint density at radius 1 is 1.73 bits per heavy atom. The van der Waals surface area contributed by atoms with Crippen LogP contribution in [-0.4, -0.2) is 29.1 Å². The minimum Gasteiger partial charge on any atom is -0.347 e. The molecule has 2 heterocycles. The number of nitrogens with zero attached hydrogens (tertiary/aromatic N) is 2. The molecule has 0 saturated carbocycles. The average molecular weight is 208 g/mol. The van der Waals surface area contributed by atoms with Crippen LogP contribution in [0.5, 0.6) is 0 Å². The lowest BCUT2D eigenvalue weighted by Crippen LogP contribution is -2.41. The number of rotatable bonds is 2. The van der Waals surface area contributed by atoms with Crippen molar-refractivity contribution in [2.24, 2.45) is 11.7 Å². The molecule has 1 aliphatic rings. The van der Waals surface area contributed by atoms with E-state index in [1.807, 2.05) is 4.90 Å². The number of aromatic amines is 1. The minimum absolute atomic E-state index is 0.134. The number of H-pyrrole nitrogens is 1. The molecule has 1 fully saturated rings. The first-order valence-corrected chi connectivity index (χ1v) is 5.24. The van der Waals surface area contributed by atoms with Gasteiger partial charge in [0.15, 0.2) is 5.82 Å². The van der Waals surface area contributed by atoms with E-state index < -0.39 is 0 Å². The van der Waals surface area contributed by atoms with Crippen molar-refractivity contribution in [3.63, 3.8) is 0 Å². The van der Waals surface area contributed by atoms with Gasteiger partial charge >= 0.3 is 0 Å². The molecular weight excluding hydrogens is 192 g/mol. The van der Waals surface area contributed by atoms with Gasteiger partial charge in [0.1, 0.15) is 0 Å². The Morgan fingerprint density at radius 3 is 3.20 bits per heavy atom. The van der Waals surface area contributed by atoms with Crippen LogP contribution in [0.2, 0.25) is 0 Å². The third kappa shape index (κ3) is 1.74. The molecule has 1 aromatic rings. The molecule has 3 N–H and O–H groups in total. The smallest absolute Gasteiger partial charge is 0.290 e. The van der Waals surface area contributed by atoms with Crippen LogP contribution < -0.4 is 16.2 Å². The monoisotopic (exact) mass is 208 g/mol. The van der Waals surface area contributed by atoms with Crippen molar-refractivity contribution >= 4 is 5.82 Å². The Morgan fingerprint density at radius 2 is 2.53 bits per heavy atom. The zero-order valence-electron chi connectivity index (χ0n) is 8.81. The van der Waals surface area contributed by atoms with Crippen LogP contribution in [0.4, 0.5) is 5.82 Å². The Kier molecular flexibility index (Phi) is 2.73. The maximum Gasteiger partial charge on any atom is 0.290 e. The van der Waals surface area contributed by atoms with E-state index in [1.165, 1.54) is 0 Å². The van der Waals surface area contributed by atoms with Gasteiger partial charge in [-0.05, 0) is 12.3 Å². The molecule has 0 aromatic carbocycles. The molecule has 2 rings (SSSR count). The van der Waals surface area contributed by atoms with Gasteiger partial charge in [0.05, 0.1) is 0 Å². The number of hydrogen-bond acceptors (Lipinski definition) is 4. The fourth-order valence-corrected chi connectivity index (χ4v) is 2.18. The van der Waals surface area contributed by atoms with Crippen LogP contribution in [0.1, 0.15) is 13.3 Å². The first-order chi connectivity index (χ1) is 7.24. The Balaban J connectivity index is 2.32. The highest BCUT2D eigenvalue weighted by atomic mass is 16.1. The number of aromatic nitrogens is 2. The van der Waals surface area contributed by atoms with E-state index in [0.29, 0.717) is 18.3 Å². The number of hydrogen-bond donors (Lipinski definition) is 2. The summed E-state index contributed by atoms with van der Waals surface area (Å²) in [5.74, 6) is 1.02. The van der Waals surface area contributed by atoms with Crippen molar-refractivity contribution in [1.29, 1.82) is 0 Å². The number of nitrogens with two attached hydrogens (primary N) is 1. The van der Waals surface area contributed by atoms with E-state index in [9.17, 15) is 4.79 Å². The minimum atomic E-state index is -0.134. The van der Waals surface area contributed by atoms with E-state index in [2.05, 4.69) is 16.9 Å². The molecule has 0 aliphatic carbocycles. The number of nitrogens with one attached hydrogen (secondary N) is 1. The van der Waals surface area contributed by atoms with E-state index in [-0.39, 0.29) is 11.6 Å². The molecule has 2 atom stereocenters. The molecule has 2 unspecified atom stereocenters. The summed E-state index contributed by atoms with van der Waals surface area (Å²) in [7, 11) is 0. The van der Waals surface area contributed by atoms with Gasteiger partial charge in [-0.1, -0.05) is 6.92 Å². The molecule has 0 amide bonds. The summed E-state index contributed by atoms with van der Waals surface area (Å²) in [6, 6.07) is 0.237. The van der Waals surface area contributed by atoms with Crippen LogP contribution in [0.25, 0.3) is 0 Å². The van der Waals surface area contributed by atoms with Gasteiger partial charge in [-0.15, -0.1) is 0 Å². The lowest BCUT2D eigenvalue weighted by molar-refractivity contribution is 0.517. The van der Waals surface area contributed by atoms with Gasteiger partial charge < -0.3 is 15.6 Å². The molecule has 1 aliphatic heterocycles. The molecule has 5 heteroatoms. The van der Waals surface area contributed by atoms with E-state index in [4.69, 9.17) is 5.73 Å². The quantitative estimate of drug-likeness (QED) is 0.714. The van der Waals surface area contributed by atoms with Crippen molar-refractivity contribution in [3.8, 4) is 0 Å². The van der Waals surface area contributed by atoms with Gasteiger partial charge in [-0.2, -0.15) is 0 Å². The second kappa shape index (κ2) is 4.02. The Hall–Kier alpha value is -1.36. The highest BCUT2D eigenvalue weighted by molar-refractivity contribution is 5.38. The largest absolute Gasteiger partial charge is 0.347 e. The van der Waals surface area contributed by atoms with Gasteiger partial charge in [-0.25, -0.2) is 4.98 Å². The maximum absolute atomic E-state index is 11.6. The highest BCUT2D eigenvalue weighted by Crippen LogP contribution is 2.25. The molecule has 0 radical (unpaired) electrons. The zero-order valence-corrected chi connectivity index (χ0v) is 8.81. The summed E-state index contributed by atoms with van der Waals surface area (Å²) in [5.41, 5.74) is 5.59. The highest BCUT2D eigenvalue weighted by Gasteiger charge is 2.31. The third-order valence-electron chi connectivity index (χ3n) is 3.08. The van der Waals surface area contributed by atoms with Crippen LogP contribution >= 0.6 is 0 Å². The Labute approximate surface area is 88.3 Å². The van der Waals surface area contributed by atoms with Crippen LogP contribution in [0.3, 0.4) is 0 Å².